The zero-order chi connectivity index (χ0) is 16.3. The van der Waals surface area contributed by atoms with Crippen molar-refractivity contribution in [2.24, 2.45) is 11.3 Å². The third kappa shape index (κ3) is 3.45. The summed E-state index contributed by atoms with van der Waals surface area (Å²) in [5, 5.41) is 9.05. The molecule has 1 aliphatic heterocycles. The van der Waals surface area contributed by atoms with E-state index in [4.69, 9.17) is 0 Å². The van der Waals surface area contributed by atoms with Crippen molar-refractivity contribution in [1.82, 2.24) is 10.6 Å². The minimum Gasteiger partial charge on any atom is -0.349 e. The molecular formula is C18H23N3O2. The fourth-order valence-electron chi connectivity index (χ4n) is 3.40. The molecule has 23 heavy (non-hydrogen) atoms. The van der Waals surface area contributed by atoms with Crippen molar-refractivity contribution >= 4 is 17.5 Å². The molecule has 1 aromatic carbocycles. The molecule has 122 valence electrons. The molecule has 5 heteroatoms. The average Bonchev–Trinajstić information content (AvgIpc) is 3.27. The van der Waals surface area contributed by atoms with Gasteiger partial charge in [-0.15, -0.1) is 6.58 Å². The van der Waals surface area contributed by atoms with Gasteiger partial charge < -0.3 is 16.0 Å². The first kappa shape index (κ1) is 15.7. The van der Waals surface area contributed by atoms with Crippen LogP contribution in [0.4, 0.5) is 5.69 Å². The topological polar surface area (TPSA) is 70.2 Å². The van der Waals surface area contributed by atoms with E-state index in [9.17, 15) is 9.59 Å². The van der Waals surface area contributed by atoms with E-state index in [2.05, 4.69) is 22.5 Å². The molecule has 1 spiro atoms. The molecule has 2 aliphatic rings. The first-order valence-electron chi connectivity index (χ1n) is 8.15. The molecule has 0 radical (unpaired) electrons. The van der Waals surface area contributed by atoms with Crippen molar-refractivity contribution in [2.45, 2.75) is 19.3 Å². The molecule has 2 fully saturated rings. The van der Waals surface area contributed by atoms with Crippen molar-refractivity contribution in [3.63, 3.8) is 0 Å². The Hall–Kier alpha value is -2.14. The zero-order valence-corrected chi connectivity index (χ0v) is 13.2. The van der Waals surface area contributed by atoms with Crippen LogP contribution in [0.1, 0.15) is 29.6 Å². The van der Waals surface area contributed by atoms with Crippen molar-refractivity contribution in [3.8, 4) is 0 Å². The van der Waals surface area contributed by atoms with Crippen LogP contribution in [0, 0.1) is 11.3 Å². The van der Waals surface area contributed by atoms with Gasteiger partial charge in [0.05, 0.1) is 0 Å². The monoisotopic (exact) mass is 313 g/mol. The molecule has 3 rings (SSSR count). The van der Waals surface area contributed by atoms with Crippen LogP contribution in [0.15, 0.2) is 36.9 Å². The molecule has 1 saturated carbocycles. The second kappa shape index (κ2) is 6.54. The van der Waals surface area contributed by atoms with Gasteiger partial charge in [0.15, 0.2) is 0 Å². The van der Waals surface area contributed by atoms with E-state index < -0.39 is 0 Å². The van der Waals surface area contributed by atoms with Crippen LogP contribution in [-0.2, 0) is 4.79 Å². The maximum absolute atomic E-state index is 12.4. The highest BCUT2D eigenvalue weighted by molar-refractivity contribution is 5.97. The van der Waals surface area contributed by atoms with Gasteiger partial charge in [0.1, 0.15) is 0 Å². The summed E-state index contributed by atoms with van der Waals surface area (Å²) in [4.78, 5) is 24.2. The summed E-state index contributed by atoms with van der Waals surface area (Å²) < 4.78 is 0. The van der Waals surface area contributed by atoms with E-state index >= 15 is 0 Å². The van der Waals surface area contributed by atoms with Gasteiger partial charge in [0.25, 0.3) is 5.91 Å². The van der Waals surface area contributed by atoms with Gasteiger partial charge in [-0.3, -0.25) is 9.59 Å². The van der Waals surface area contributed by atoms with Crippen LogP contribution in [0.2, 0.25) is 0 Å². The molecule has 1 saturated heterocycles. The largest absolute Gasteiger partial charge is 0.349 e. The lowest BCUT2D eigenvalue weighted by atomic mass is 9.92. The van der Waals surface area contributed by atoms with Gasteiger partial charge in [-0.1, -0.05) is 6.08 Å². The number of carbonyl (C=O) groups is 2. The number of anilines is 1. The predicted octanol–water partition coefficient (Wildman–Crippen LogP) is 1.93. The molecule has 3 N–H and O–H groups in total. The van der Waals surface area contributed by atoms with Crippen LogP contribution in [0.3, 0.4) is 0 Å². The number of piperidine rings is 1. The Morgan fingerprint density at radius 3 is 2.61 bits per heavy atom. The molecule has 1 aromatic rings. The molecule has 1 unspecified atom stereocenters. The van der Waals surface area contributed by atoms with Crippen LogP contribution in [0.25, 0.3) is 0 Å². The fraction of sp³-hybridized carbons (Fsp3) is 0.444. The molecule has 1 heterocycles. The number of hydrogen-bond donors (Lipinski definition) is 3. The molecule has 2 amide bonds. The number of rotatable bonds is 5. The lowest BCUT2D eigenvalue weighted by Crippen LogP contribution is -2.31. The Morgan fingerprint density at radius 2 is 1.96 bits per heavy atom. The highest BCUT2D eigenvalue weighted by Gasteiger charge is 2.57. The fourth-order valence-corrected chi connectivity index (χ4v) is 3.40. The van der Waals surface area contributed by atoms with Crippen molar-refractivity contribution in [1.29, 1.82) is 0 Å². The van der Waals surface area contributed by atoms with Gasteiger partial charge in [-0.2, -0.15) is 0 Å². The first-order chi connectivity index (χ1) is 11.1. The van der Waals surface area contributed by atoms with Crippen LogP contribution >= 0.6 is 0 Å². The Bertz CT molecular complexity index is 603. The first-order valence-corrected chi connectivity index (χ1v) is 8.15. The summed E-state index contributed by atoms with van der Waals surface area (Å²) in [7, 11) is 0. The Balaban J connectivity index is 1.55. The summed E-state index contributed by atoms with van der Waals surface area (Å²) in [6.45, 7) is 6.03. The van der Waals surface area contributed by atoms with E-state index in [0.717, 1.165) is 38.0 Å². The van der Waals surface area contributed by atoms with E-state index in [1.165, 1.54) is 0 Å². The van der Waals surface area contributed by atoms with Crippen molar-refractivity contribution in [3.05, 3.63) is 42.5 Å². The molecule has 1 aliphatic carbocycles. The summed E-state index contributed by atoms with van der Waals surface area (Å²) in [6.07, 6.45) is 4.82. The highest BCUT2D eigenvalue weighted by Crippen LogP contribution is 2.58. The van der Waals surface area contributed by atoms with Gasteiger partial charge in [0.2, 0.25) is 5.91 Å². The average molecular weight is 313 g/mol. The van der Waals surface area contributed by atoms with E-state index in [-0.39, 0.29) is 23.1 Å². The van der Waals surface area contributed by atoms with E-state index in [0.29, 0.717) is 12.1 Å². The minimum absolute atomic E-state index is 0.107. The Kier molecular flexibility index (Phi) is 4.48. The molecule has 1 atom stereocenters. The maximum atomic E-state index is 12.4. The quantitative estimate of drug-likeness (QED) is 0.728. The number of nitrogens with one attached hydrogen (secondary N) is 3. The molecule has 0 bridgehead atoms. The second-order valence-corrected chi connectivity index (χ2v) is 6.43. The van der Waals surface area contributed by atoms with Crippen molar-refractivity contribution in [2.75, 3.05) is 25.0 Å². The number of benzene rings is 1. The van der Waals surface area contributed by atoms with Crippen LogP contribution in [0.5, 0.6) is 0 Å². The molecule has 5 nitrogen and oxygen atoms in total. The van der Waals surface area contributed by atoms with Gasteiger partial charge in [-0.05, 0) is 62.0 Å². The summed E-state index contributed by atoms with van der Waals surface area (Å²) in [5.74, 6) is 0.106. The SMILES string of the molecule is C=CCNC(=O)c1ccc(NC(=O)C2CC23CCNCC3)cc1. The van der Waals surface area contributed by atoms with Gasteiger partial charge in [-0.25, -0.2) is 0 Å². The normalized spacial score (nSPS) is 21.5. The number of hydrogen-bond acceptors (Lipinski definition) is 3. The maximum Gasteiger partial charge on any atom is 0.251 e. The predicted molar refractivity (Wildman–Crippen MR) is 90.2 cm³/mol. The lowest BCUT2D eigenvalue weighted by Gasteiger charge is -2.23. The second-order valence-electron chi connectivity index (χ2n) is 6.43. The van der Waals surface area contributed by atoms with Crippen LogP contribution in [-0.4, -0.2) is 31.4 Å². The summed E-state index contributed by atoms with van der Waals surface area (Å²) in [5.41, 5.74) is 1.55. The highest BCUT2D eigenvalue weighted by atomic mass is 16.2. The Labute approximate surface area is 136 Å². The smallest absolute Gasteiger partial charge is 0.251 e. The van der Waals surface area contributed by atoms with Crippen molar-refractivity contribution < 1.29 is 9.59 Å². The third-order valence-electron chi connectivity index (χ3n) is 4.93. The third-order valence-corrected chi connectivity index (χ3v) is 4.93. The van der Waals surface area contributed by atoms with Gasteiger partial charge in [0, 0.05) is 23.7 Å². The van der Waals surface area contributed by atoms with E-state index in [1.54, 1.807) is 30.3 Å². The lowest BCUT2D eigenvalue weighted by molar-refractivity contribution is -0.118. The summed E-state index contributed by atoms with van der Waals surface area (Å²) in [6, 6.07) is 7.00. The molecular weight excluding hydrogens is 290 g/mol. The zero-order valence-electron chi connectivity index (χ0n) is 13.2. The van der Waals surface area contributed by atoms with Gasteiger partial charge >= 0.3 is 0 Å². The minimum atomic E-state index is -0.140. The number of amides is 2. The van der Waals surface area contributed by atoms with Crippen LogP contribution < -0.4 is 16.0 Å². The van der Waals surface area contributed by atoms with E-state index in [1.807, 2.05) is 0 Å². The number of carbonyl (C=O) groups excluding carboxylic acids is 2. The Morgan fingerprint density at radius 1 is 1.26 bits per heavy atom. The standard InChI is InChI=1S/C18H23N3O2/c1-2-9-20-16(22)13-3-5-14(6-4-13)21-17(23)15-12-18(15)7-10-19-11-8-18/h2-6,15,19H,1,7-12H2,(H,20,22)(H,21,23). The molecule has 0 aromatic heterocycles. The summed E-state index contributed by atoms with van der Waals surface area (Å²) >= 11 is 0.